The Labute approximate surface area is 178 Å². The van der Waals surface area contributed by atoms with Crippen LogP contribution in [0.5, 0.6) is 0 Å². The van der Waals surface area contributed by atoms with Crippen molar-refractivity contribution in [1.82, 2.24) is 19.7 Å². The largest absolute Gasteiger partial charge is 0.325 e. The summed E-state index contributed by atoms with van der Waals surface area (Å²) < 4.78 is 1.88. The van der Waals surface area contributed by atoms with E-state index in [0.29, 0.717) is 12.1 Å². The molecule has 1 aliphatic carbocycles. The van der Waals surface area contributed by atoms with E-state index in [-0.39, 0.29) is 18.0 Å². The summed E-state index contributed by atoms with van der Waals surface area (Å²) in [7, 11) is 0. The Morgan fingerprint density at radius 2 is 1.97 bits per heavy atom. The zero-order chi connectivity index (χ0) is 21.1. The van der Waals surface area contributed by atoms with Gasteiger partial charge in [0.05, 0.1) is 29.4 Å². The zero-order valence-electron chi connectivity index (χ0n) is 17.7. The van der Waals surface area contributed by atoms with Gasteiger partial charge in [0, 0.05) is 17.6 Å². The van der Waals surface area contributed by atoms with Crippen molar-refractivity contribution >= 4 is 16.9 Å². The van der Waals surface area contributed by atoms with E-state index in [4.69, 9.17) is 11.4 Å². The smallest absolute Gasteiger partial charge is 0.255 e. The number of aromatic nitrogens is 3. The Balaban J connectivity index is 1.85. The van der Waals surface area contributed by atoms with E-state index in [2.05, 4.69) is 24.9 Å². The van der Waals surface area contributed by atoms with Gasteiger partial charge in [0.25, 0.3) is 5.91 Å². The lowest BCUT2D eigenvalue weighted by molar-refractivity contribution is 0.0669. The first kappa shape index (κ1) is 20.2. The lowest BCUT2D eigenvalue weighted by Crippen LogP contribution is -2.41. The molecule has 4 rings (SSSR count). The molecule has 2 heterocycles. The molecular weight excluding hydrogens is 372 g/mol. The second kappa shape index (κ2) is 8.71. The predicted molar refractivity (Wildman–Crippen MR) is 120 cm³/mol. The Morgan fingerprint density at radius 1 is 1.23 bits per heavy atom. The predicted octanol–water partition coefficient (Wildman–Crippen LogP) is 5.09. The van der Waals surface area contributed by atoms with Crippen molar-refractivity contribution in [2.45, 2.75) is 58.0 Å². The summed E-state index contributed by atoms with van der Waals surface area (Å²) in [5, 5.41) is 5.32. The van der Waals surface area contributed by atoms with Crippen molar-refractivity contribution in [3.63, 3.8) is 0 Å². The molecule has 1 aliphatic rings. The molecule has 0 atom stereocenters. The van der Waals surface area contributed by atoms with Gasteiger partial charge >= 0.3 is 0 Å². The normalized spacial score (nSPS) is 14.7. The number of fused-ring (bicyclic) bond motifs is 1. The third-order valence-corrected chi connectivity index (χ3v) is 5.89. The maximum atomic E-state index is 13.8. The molecule has 0 radical (unpaired) electrons. The van der Waals surface area contributed by atoms with Crippen molar-refractivity contribution in [2.75, 3.05) is 6.54 Å². The van der Waals surface area contributed by atoms with E-state index >= 15 is 0 Å². The summed E-state index contributed by atoms with van der Waals surface area (Å²) in [6, 6.07) is 12.2. The Hall–Kier alpha value is -3.13. The molecular formula is C25H28N4O. The lowest BCUT2D eigenvalue weighted by Gasteiger charge is -2.33. The number of terminal acetylenes is 1. The van der Waals surface area contributed by atoms with Crippen molar-refractivity contribution < 1.29 is 4.79 Å². The van der Waals surface area contributed by atoms with Gasteiger partial charge in [-0.3, -0.25) is 4.79 Å². The van der Waals surface area contributed by atoms with Gasteiger partial charge in [-0.1, -0.05) is 55.5 Å². The van der Waals surface area contributed by atoms with E-state index in [9.17, 15) is 4.79 Å². The maximum absolute atomic E-state index is 13.8. The Kier molecular flexibility index (Phi) is 5.85. The molecule has 0 aliphatic heterocycles. The molecule has 1 saturated carbocycles. The molecule has 2 aromatic heterocycles. The van der Waals surface area contributed by atoms with Gasteiger partial charge in [0.2, 0.25) is 0 Å². The minimum Gasteiger partial charge on any atom is -0.325 e. The molecule has 3 aromatic rings. The van der Waals surface area contributed by atoms with Crippen LogP contribution in [0.3, 0.4) is 0 Å². The molecule has 1 amide bonds. The average molecular weight is 401 g/mol. The SMILES string of the molecule is C#CCN(C(=O)c1cc(-c2ccccc2)nc2c1cnn2C(C)C)C1CCCCC1. The second-order valence-electron chi connectivity index (χ2n) is 8.27. The lowest BCUT2D eigenvalue weighted by atomic mass is 9.93. The fourth-order valence-corrected chi connectivity index (χ4v) is 4.34. The first-order valence-electron chi connectivity index (χ1n) is 10.8. The molecule has 0 unspecified atom stereocenters. The van der Waals surface area contributed by atoms with E-state index < -0.39 is 0 Å². The first-order chi connectivity index (χ1) is 14.6. The molecule has 1 fully saturated rings. The van der Waals surface area contributed by atoms with Crippen LogP contribution >= 0.6 is 0 Å². The molecule has 0 N–H and O–H groups in total. The fourth-order valence-electron chi connectivity index (χ4n) is 4.34. The van der Waals surface area contributed by atoms with Crippen LogP contribution in [0, 0.1) is 12.3 Å². The molecule has 5 heteroatoms. The second-order valence-corrected chi connectivity index (χ2v) is 8.27. The van der Waals surface area contributed by atoms with E-state index in [1.165, 1.54) is 6.42 Å². The van der Waals surface area contributed by atoms with Gasteiger partial charge in [0.15, 0.2) is 5.65 Å². The summed E-state index contributed by atoms with van der Waals surface area (Å²) in [6.07, 6.45) is 13.0. The van der Waals surface area contributed by atoms with Crippen LogP contribution in [0.2, 0.25) is 0 Å². The molecule has 0 bridgehead atoms. The van der Waals surface area contributed by atoms with Gasteiger partial charge in [-0.15, -0.1) is 6.42 Å². The van der Waals surface area contributed by atoms with Crippen LogP contribution in [0.1, 0.15) is 62.4 Å². The zero-order valence-corrected chi connectivity index (χ0v) is 17.7. The number of rotatable bonds is 5. The molecule has 0 spiro atoms. The Bertz CT molecular complexity index is 1070. The number of benzene rings is 1. The van der Waals surface area contributed by atoms with Crippen LogP contribution in [0.25, 0.3) is 22.3 Å². The highest BCUT2D eigenvalue weighted by Gasteiger charge is 2.28. The van der Waals surface area contributed by atoms with Gasteiger partial charge in [-0.25, -0.2) is 9.67 Å². The number of hydrogen-bond donors (Lipinski definition) is 0. The standard InChI is InChI=1S/C25H28N4O/c1-4-15-28(20-13-9-6-10-14-20)25(30)21-16-23(19-11-7-5-8-12-19)27-24-22(21)17-26-29(24)18(2)3/h1,5,7-8,11-12,16-18,20H,6,9-10,13-15H2,2-3H3. The number of pyridine rings is 1. The van der Waals surface area contributed by atoms with Crippen LogP contribution in [-0.2, 0) is 0 Å². The van der Waals surface area contributed by atoms with Gasteiger partial charge < -0.3 is 4.90 Å². The van der Waals surface area contributed by atoms with Crippen molar-refractivity contribution in [3.05, 3.63) is 48.2 Å². The summed E-state index contributed by atoms with van der Waals surface area (Å²) in [4.78, 5) is 20.5. The topological polar surface area (TPSA) is 51.0 Å². The minimum atomic E-state index is -0.0206. The Morgan fingerprint density at radius 3 is 2.63 bits per heavy atom. The summed E-state index contributed by atoms with van der Waals surface area (Å²) in [5.41, 5.74) is 3.12. The summed E-state index contributed by atoms with van der Waals surface area (Å²) >= 11 is 0. The van der Waals surface area contributed by atoms with Crippen LogP contribution < -0.4 is 0 Å². The van der Waals surface area contributed by atoms with Gasteiger partial charge in [0.1, 0.15) is 0 Å². The first-order valence-corrected chi connectivity index (χ1v) is 10.8. The number of amides is 1. The fraction of sp³-hybridized carbons (Fsp3) is 0.400. The van der Waals surface area contributed by atoms with E-state index in [1.54, 1.807) is 6.20 Å². The van der Waals surface area contributed by atoms with Crippen LogP contribution in [0.4, 0.5) is 0 Å². The van der Waals surface area contributed by atoms with Crippen LogP contribution in [0.15, 0.2) is 42.6 Å². The van der Waals surface area contributed by atoms with E-state index in [1.807, 2.05) is 46.0 Å². The van der Waals surface area contributed by atoms with Crippen LogP contribution in [-0.4, -0.2) is 38.2 Å². The summed E-state index contributed by atoms with van der Waals surface area (Å²) in [5.74, 6) is 2.68. The highest BCUT2D eigenvalue weighted by Crippen LogP contribution is 2.29. The molecule has 30 heavy (non-hydrogen) atoms. The third-order valence-electron chi connectivity index (χ3n) is 5.89. The average Bonchev–Trinajstić information content (AvgIpc) is 3.22. The monoisotopic (exact) mass is 400 g/mol. The van der Waals surface area contributed by atoms with Crippen molar-refractivity contribution in [1.29, 1.82) is 0 Å². The van der Waals surface area contributed by atoms with Gasteiger partial charge in [-0.2, -0.15) is 5.10 Å². The van der Waals surface area contributed by atoms with Crippen molar-refractivity contribution in [2.24, 2.45) is 0 Å². The highest BCUT2D eigenvalue weighted by molar-refractivity contribution is 6.06. The molecule has 1 aromatic carbocycles. The molecule has 154 valence electrons. The van der Waals surface area contributed by atoms with Gasteiger partial charge in [-0.05, 0) is 32.8 Å². The number of hydrogen-bond acceptors (Lipinski definition) is 3. The summed E-state index contributed by atoms with van der Waals surface area (Å²) in [6.45, 7) is 4.46. The number of carbonyl (C=O) groups is 1. The minimum absolute atomic E-state index is 0.0206. The maximum Gasteiger partial charge on any atom is 0.255 e. The van der Waals surface area contributed by atoms with Crippen molar-refractivity contribution in [3.8, 4) is 23.6 Å². The number of nitrogens with zero attached hydrogens (tertiary/aromatic N) is 4. The molecule has 5 nitrogen and oxygen atoms in total. The molecule has 0 saturated heterocycles. The number of carbonyl (C=O) groups excluding carboxylic acids is 1. The highest BCUT2D eigenvalue weighted by atomic mass is 16.2. The quantitative estimate of drug-likeness (QED) is 0.561. The van der Waals surface area contributed by atoms with E-state index in [0.717, 1.165) is 48.0 Å². The third kappa shape index (κ3) is 3.82.